The van der Waals surface area contributed by atoms with E-state index in [1.54, 1.807) is 6.07 Å². The van der Waals surface area contributed by atoms with Crippen LogP contribution in [0.1, 0.15) is 16.7 Å². The summed E-state index contributed by atoms with van der Waals surface area (Å²) in [6.07, 6.45) is 0.620. The Morgan fingerprint density at radius 2 is 1.22 bits per heavy atom. The fraction of sp³-hybridized carbons (Fsp3) is 0.130. The third-order valence-electron chi connectivity index (χ3n) is 4.21. The largest absolute Gasteiger partial charge is 0.326 e. The molecule has 0 saturated heterocycles. The molecule has 3 rings (SSSR count). The van der Waals surface area contributed by atoms with Crippen LogP contribution in [0.3, 0.4) is 0 Å². The van der Waals surface area contributed by atoms with Crippen molar-refractivity contribution in [3.05, 3.63) is 95.6 Å². The molecule has 3 aromatic rings. The predicted octanol–water partition coefficient (Wildman–Crippen LogP) is 4.36. The monoisotopic (exact) mass is 358 g/mol. The van der Waals surface area contributed by atoms with Gasteiger partial charge in [-0.3, -0.25) is 9.59 Å². The number of hydrogen-bond donors (Lipinski definition) is 2. The molecule has 27 heavy (non-hydrogen) atoms. The Labute approximate surface area is 159 Å². The van der Waals surface area contributed by atoms with Gasteiger partial charge in [0.15, 0.2) is 0 Å². The molecule has 2 N–H and O–H groups in total. The van der Waals surface area contributed by atoms with Gasteiger partial charge in [-0.1, -0.05) is 66.7 Å². The van der Waals surface area contributed by atoms with Gasteiger partial charge in [-0.25, -0.2) is 0 Å². The topological polar surface area (TPSA) is 58.2 Å². The first kappa shape index (κ1) is 18.4. The molecule has 2 amide bonds. The lowest BCUT2D eigenvalue weighted by atomic mass is 10.1. The maximum atomic E-state index is 12.3. The molecule has 0 aliphatic carbocycles. The minimum Gasteiger partial charge on any atom is -0.326 e. The number of rotatable bonds is 6. The number of aryl methyl sites for hydroxylation is 1. The van der Waals surface area contributed by atoms with Crippen molar-refractivity contribution < 1.29 is 9.59 Å². The summed E-state index contributed by atoms with van der Waals surface area (Å²) in [6, 6.07) is 24.7. The Hall–Kier alpha value is -3.40. The van der Waals surface area contributed by atoms with Crippen molar-refractivity contribution in [2.24, 2.45) is 0 Å². The summed E-state index contributed by atoms with van der Waals surface area (Å²) in [5.74, 6) is -0.177. The lowest BCUT2D eigenvalue weighted by Gasteiger charge is -2.12. The van der Waals surface area contributed by atoms with Crippen LogP contribution < -0.4 is 10.6 Å². The number of benzene rings is 3. The van der Waals surface area contributed by atoms with E-state index in [1.807, 2.05) is 79.7 Å². The highest BCUT2D eigenvalue weighted by atomic mass is 16.2. The lowest BCUT2D eigenvalue weighted by Crippen LogP contribution is -2.17. The summed E-state index contributed by atoms with van der Waals surface area (Å²) in [6.45, 7) is 1.92. The third-order valence-corrected chi connectivity index (χ3v) is 4.21. The number of carbonyl (C=O) groups is 2. The second-order valence-corrected chi connectivity index (χ2v) is 6.45. The Morgan fingerprint density at radius 3 is 1.78 bits per heavy atom. The smallest absolute Gasteiger partial charge is 0.228 e. The highest BCUT2D eigenvalue weighted by molar-refractivity contribution is 5.96. The second kappa shape index (κ2) is 8.81. The summed E-state index contributed by atoms with van der Waals surface area (Å²) >= 11 is 0. The Bertz CT molecular complexity index is 922. The quantitative estimate of drug-likeness (QED) is 0.688. The van der Waals surface area contributed by atoms with Crippen molar-refractivity contribution >= 4 is 23.2 Å². The van der Waals surface area contributed by atoms with Gasteiger partial charge in [-0.2, -0.15) is 0 Å². The highest BCUT2D eigenvalue weighted by Crippen LogP contribution is 2.21. The normalized spacial score (nSPS) is 10.3. The van der Waals surface area contributed by atoms with Crippen LogP contribution in [0.5, 0.6) is 0 Å². The van der Waals surface area contributed by atoms with Gasteiger partial charge in [-0.05, 0) is 35.7 Å². The van der Waals surface area contributed by atoms with Crippen LogP contribution in [-0.2, 0) is 22.4 Å². The molecule has 0 aliphatic heterocycles. The van der Waals surface area contributed by atoms with Gasteiger partial charge in [0.05, 0.1) is 12.8 Å². The SMILES string of the molecule is Cc1ccc(NC(=O)Cc2ccccc2)cc1NC(=O)Cc1ccccc1. The predicted molar refractivity (Wildman–Crippen MR) is 109 cm³/mol. The number of hydrogen-bond acceptors (Lipinski definition) is 2. The van der Waals surface area contributed by atoms with Crippen LogP contribution in [0.15, 0.2) is 78.9 Å². The number of carbonyl (C=O) groups excluding carboxylic acids is 2. The van der Waals surface area contributed by atoms with E-state index in [4.69, 9.17) is 0 Å². The van der Waals surface area contributed by atoms with Gasteiger partial charge in [0, 0.05) is 11.4 Å². The maximum Gasteiger partial charge on any atom is 0.228 e. The molecule has 0 aliphatic rings. The van der Waals surface area contributed by atoms with E-state index in [9.17, 15) is 9.59 Å². The number of amides is 2. The van der Waals surface area contributed by atoms with E-state index >= 15 is 0 Å². The van der Waals surface area contributed by atoms with Gasteiger partial charge in [-0.15, -0.1) is 0 Å². The van der Waals surface area contributed by atoms with Crippen LogP contribution in [0, 0.1) is 6.92 Å². The molecule has 0 unspecified atom stereocenters. The zero-order valence-corrected chi connectivity index (χ0v) is 15.2. The van der Waals surface area contributed by atoms with E-state index in [-0.39, 0.29) is 11.8 Å². The minimum atomic E-state index is -0.0911. The molecular weight excluding hydrogens is 336 g/mol. The van der Waals surface area contributed by atoms with Crippen LogP contribution in [0.2, 0.25) is 0 Å². The van der Waals surface area contributed by atoms with Crippen molar-refractivity contribution in [2.45, 2.75) is 19.8 Å². The molecular formula is C23H22N2O2. The average Bonchev–Trinajstić information content (AvgIpc) is 2.66. The van der Waals surface area contributed by atoms with E-state index in [0.29, 0.717) is 24.2 Å². The van der Waals surface area contributed by atoms with E-state index in [2.05, 4.69) is 10.6 Å². The summed E-state index contributed by atoms with van der Waals surface area (Å²) < 4.78 is 0. The molecule has 136 valence electrons. The first-order valence-corrected chi connectivity index (χ1v) is 8.88. The van der Waals surface area contributed by atoms with Crippen LogP contribution in [0.25, 0.3) is 0 Å². The Balaban J connectivity index is 1.63. The minimum absolute atomic E-state index is 0.0861. The first-order valence-electron chi connectivity index (χ1n) is 8.88. The standard InChI is InChI=1S/C23H22N2O2/c1-17-12-13-20(24-22(26)14-18-8-4-2-5-9-18)16-21(17)25-23(27)15-19-10-6-3-7-11-19/h2-13,16H,14-15H2,1H3,(H,24,26)(H,25,27). The molecule has 0 aromatic heterocycles. The van der Waals surface area contributed by atoms with Gasteiger partial charge >= 0.3 is 0 Å². The average molecular weight is 358 g/mol. The fourth-order valence-corrected chi connectivity index (χ4v) is 2.80. The van der Waals surface area contributed by atoms with Gasteiger partial charge in [0.2, 0.25) is 11.8 Å². The zero-order valence-electron chi connectivity index (χ0n) is 15.2. The summed E-state index contributed by atoms with van der Waals surface area (Å²) in [5, 5.41) is 5.82. The van der Waals surface area contributed by atoms with Crippen molar-refractivity contribution in [1.29, 1.82) is 0 Å². The zero-order chi connectivity index (χ0) is 19.1. The second-order valence-electron chi connectivity index (χ2n) is 6.45. The lowest BCUT2D eigenvalue weighted by molar-refractivity contribution is -0.116. The van der Waals surface area contributed by atoms with Crippen molar-refractivity contribution in [2.75, 3.05) is 10.6 Å². The number of anilines is 2. The van der Waals surface area contributed by atoms with Gasteiger partial charge < -0.3 is 10.6 Å². The summed E-state index contributed by atoms with van der Waals surface area (Å²) in [5.41, 5.74) is 4.22. The summed E-state index contributed by atoms with van der Waals surface area (Å²) in [4.78, 5) is 24.6. The molecule has 4 nitrogen and oxygen atoms in total. The molecule has 0 radical (unpaired) electrons. The molecule has 0 atom stereocenters. The van der Waals surface area contributed by atoms with E-state index < -0.39 is 0 Å². The molecule has 0 spiro atoms. The van der Waals surface area contributed by atoms with Crippen molar-refractivity contribution in [3.63, 3.8) is 0 Å². The Morgan fingerprint density at radius 1 is 0.704 bits per heavy atom. The fourth-order valence-electron chi connectivity index (χ4n) is 2.80. The van der Waals surface area contributed by atoms with Crippen LogP contribution >= 0.6 is 0 Å². The van der Waals surface area contributed by atoms with Crippen molar-refractivity contribution in [1.82, 2.24) is 0 Å². The van der Waals surface area contributed by atoms with E-state index in [1.165, 1.54) is 0 Å². The molecule has 0 fully saturated rings. The summed E-state index contributed by atoms with van der Waals surface area (Å²) in [7, 11) is 0. The van der Waals surface area contributed by atoms with Crippen LogP contribution in [-0.4, -0.2) is 11.8 Å². The molecule has 0 saturated carbocycles. The van der Waals surface area contributed by atoms with Gasteiger partial charge in [0.1, 0.15) is 0 Å². The van der Waals surface area contributed by atoms with Crippen molar-refractivity contribution in [3.8, 4) is 0 Å². The molecule has 4 heteroatoms. The molecule has 0 bridgehead atoms. The third kappa shape index (κ3) is 5.54. The highest BCUT2D eigenvalue weighted by Gasteiger charge is 2.09. The first-order chi connectivity index (χ1) is 13.1. The van der Waals surface area contributed by atoms with E-state index in [0.717, 1.165) is 16.7 Å². The molecule has 3 aromatic carbocycles. The van der Waals surface area contributed by atoms with Gasteiger partial charge in [0.25, 0.3) is 0 Å². The maximum absolute atomic E-state index is 12.3. The number of nitrogens with one attached hydrogen (secondary N) is 2. The molecule has 0 heterocycles. The Kier molecular flexibility index (Phi) is 6.00. The van der Waals surface area contributed by atoms with Crippen LogP contribution in [0.4, 0.5) is 11.4 Å².